The van der Waals surface area contributed by atoms with Crippen molar-refractivity contribution < 1.29 is 18.0 Å². The number of benzene rings is 2. The third kappa shape index (κ3) is 3.96. The van der Waals surface area contributed by atoms with Crippen LogP contribution < -0.4 is 10.2 Å². The van der Waals surface area contributed by atoms with Crippen molar-refractivity contribution in [2.24, 2.45) is 5.92 Å². The van der Waals surface area contributed by atoms with Gasteiger partial charge >= 0.3 is 0 Å². The van der Waals surface area contributed by atoms with Crippen LogP contribution in [0, 0.1) is 5.92 Å². The van der Waals surface area contributed by atoms with Crippen LogP contribution in [0.3, 0.4) is 0 Å². The lowest BCUT2D eigenvalue weighted by Gasteiger charge is -2.17. The SMILES string of the molecule is CS(=O)(=O)c1ccccc1NC(=O)C1CC(=O)N(c2ccc(Br)cc2)C1. The van der Waals surface area contributed by atoms with E-state index in [-0.39, 0.29) is 35.4 Å². The van der Waals surface area contributed by atoms with Crippen LogP contribution in [0.25, 0.3) is 0 Å². The molecule has 1 aliphatic heterocycles. The molecule has 1 fully saturated rings. The number of sulfone groups is 1. The summed E-state index contributed by atoms with van der Waals surface area (Å²) in [6, 6.07) is 13.5. The number of halogens is 1. The van der Waals surface area contributed by atoms with Gasteiger partial charge in [0.25, 0.3) is 0 Å². The molecule has 2 aromatic carbocycles. The first-order valence-corrected chi connectivity index (χ1v) is 10.6. The molecule has 1 unspecified atom stereocenters. The lowest BCUT2D eigenvalue weighted by molar-refractivity contribution is -0.122. The zero-order valence-corrected chi connectivity index (χ0v) is 16.4. The molecule has 0 spiro atoms. The summed E-state index contributed by atoms with van der Waals surface area (Å²) in [5.41, 5.74) is 0.958. The van der Waals surface area contributed by atoms with Gasteiger partial charge in [-0.25, -0.2) is 8.42 Å². The zero-order chi connectivity index (χ0) is 18.9. The van der Waals surface area contributed by atoms with Crippen molar-refractivity contribution in [2.75, 3.05) is 23.0 Å². The van der Waals surface area contributed by atoms with Gasteiger partial charge in [-0.1, -0.05) is 28.1 Å². The van der Waals surface area contributed by atoms with Gasteiger partial charge in [-0.3, -0.25) is 9.59 Å². The third-order valence-corrected chi connectivity index (χ3v) is 5.86. The van der Waals surface area contributed by atoms with Crippen molar-refractivity contribution in [2.45, 2.75) is 11.3 Å². The summed E-state index contributed by atoms with van der Waals surface area (Å²) >= 11 is 3.35. The number of carbonyl (C=O) groups is 2. The lowest BCUT2D eigenvalue weighted by Crippen LogP contribution is -2.28. The molecule has 2 amide bonds. The van der Waals surface area contributed by atoms with E-state index < -0.39 is 15.8 Å². The van der Waals surface area contributed by atoms with Crippen molar-refractivity contribution >= 4 is 49.0 Å². The van der Waals surface area contributed by atoms with E-state index in [0.717, 1.165) is 16.4 Å². The summed E-state index contributed by atoms with van der Waals surface area (Å²) in [5.74, 6) is -1.04. The summed E-state index contributed by atoms with van der Waals surface area (Å²) in [5, 5.41) is 2.66. The van der Waals surface area contributed by atoms with E-state index in [1.165, 1.54) is 12.1 Å². The first-order chi connectivity index (χ1) is 12.3. The van der Waals surface area contributed by atoms with Crippen LogP contribution in [0.1, 0.15) is 6.42 Å². The number of amides is 2. The summed E-state index contributed by atoms with van der Waals surface area (Å²) in [7, 11) is -3.47. The Balaban J connectivity index is 1.76. The van der Waals surface area contributed by atoms with Crippen LogP contribution in [0.4, 0.5) is 11.4 Å². The summed E-state index contributed by atoms with van der Waals surface area (Å²) in [6.45, 7) is 0.257. The number of nitrogens with zero attached hydrogens (tertiary/aromatic N) is 1. The number of para-hydroxylation sites is 1. The van der Waals surface area contributed by atoms with Gasteiger partial charge in [-0.15, -0.1) is 0 Å². The second-order valence-electron chi connectivity index (χ2n) is 6.14. The zero-order valence-electron chi connectivity index (χ0n) is 14.0. The lowest BCUT2D eigenvalue weighted by atomic mass is 10.1. The van der Waals surface area contributed by atoms with Crippen LogP contribution in [0.2, 0.25) is 0 Å². The molecule has 0 bridgehead atoms. The number of hydrogen-bond acceptors (Lipinski definition) is 4. The molecular formula is C18H17BrN2O4S. The van der Waals surface area contributed by atoms with Gasteiger partial charge in [-0.05, 0) is 36.4 Å². The smallest absolute Gasteiger partial charge is 0.229 e. The standard InChI is InChI=1S/C18H17BrN2O4S/c1-26(24,25)16-5-3-2-4-15(16)20-18(23)12-10-17(22)21(11-12)14-8-6-13(19)7-9-14/h2-9,12H,10-11H2,1H3,(H,20,23). The van der Waals surface area contributed by atoms with Gasteiger partial charge in [0.1, 0.15) is 0 Å². The van der Waals surface area contributed by atoms with Gasteiger partial charge in [0.2, 0.25) is 11.8 Å². The monoisotopic (exact) mass is 436 g/mol. The highest BCUT2D eigenvalue weighted by molar-refractivity contribution is 9.10. The van der Waals surface area contributed by atoms with Gasteiger partial charge in [0, 0.05) is 29.4 Å². The van der Waals surface area contributed by atoms with E-state index in [0.29, 0.717) is 0 Å². The second kappa shape index (κ2) is 7.20. The highest BCUT2D eigenvalue weighted by Gasteiger charge is 2.35. The van der Waals surface area contributed by atoms with Crippen molar-refractivity contribution in [3.05, 3.63) is 53.0 Å². The van der Waals surface area contributed by atoms with E-state index in [1.54, 1.807) is 29.2 Å². The van der Waals surface area contributed by atoms with E-state index in [9.17, 15) is 18.0 Å². The molecule has 0 saturated carbocycles. The molecule has 1 heterocycles. The molecule has 26 heavy (non-hydrogen) atoms. The Hall–Kier alpha value is -2.19. The molecule has 1 saturated heterocycles. The van der Waals surface area contributed by atoms with E-state index >= 15 is 0 Å². The van der Waals surface area contributed by atoms with Crippen LogP contribution in [0.15, 0.2) is 57.9 Å². The molecule has 6 nitrogen and oxygen atoms in total. The molecule has 0 radical (unpaired) electrons. The Morgan fingerprint density at radius 3 is 2.46 bits per heavy atom. The van der Waals surface area contributed by atoms with Crippen molar-refractivity contribution in [1.82, 2.24) is 0 Å². The first kappa shape index (κ1) is 18.6. The molecule has 136 valence electrons. The Morgan fingerprint density at radius 1 is 1.15 bits per heavy atom. The van der Waals surface area contributed by atoms with E-state index in [4.69, 9.17) is 0 Å². The molecule has 3 rings (SSSR count). The maximum absolute atomic E-state index is 12.6. The minimum atomic E-state index is -3.47. The third-order valence-electron chi connectivity index (χ3n) is 4.18. The number of rotatable bonds is 4. The predicted molar refractivity (Wildman–Crippen MR) is 103 cm³/mol. The number of hydrogen-bond donors (Lipinski definition) is 1. The fourth-order valence-corrected chi connectivity index (χ4v) is 3.99. The average Bonchev–Trinajstić information content (AvgIpc) is 2.97. The maximum Gasteiger partial charge on any atom is 0.229 e. The average molecular weight is 437 g/mol. The fourth-order valence-electron chi connectivity index (χ4n) is 2.88. The van der Waals surface area contributed by atoms with Crippen LogP contribution in [-0.4, -0.2) is 33.0 Å². The minimum absolute atomic E-state index is 0.0578. The number of nitrogens with one attached hydrogen (secondary N) is 1. The van der Waals surface area contributed by atoms with E-state index in [2.05, 4.69) is 21.2 Å². The molecular weight excluding hydrogens is 420 g/mol. The molecule has 0 aromatic heterocycles. The topological polar surface area (TPSA) is 83.5 Å². The number of carbonyl (C=O) groups excluding carboxylic acids is 2. The molecule has 2 aromatic rings. The van der Waals surface area contributed by atoms with E-state index in [1.807, 2.05) is 12.1 Å². The Morgan fingerprint density at radius 2 is 1.81 bits per heavy atom. The molecule has 8 heteroatoms. The minimum Gasteiger partial charge on any atom is -0.325 e. The summed E-state index contributed by atoms with van der Waals surface area (Å²) in [4.78, 5) is 26.5. The van der Waals surface area contributed by atoms with Crippen LogP contribution in [0.5, 0.6) is 0 Å². The Bertz CT molecular complexity index is 957. The molecule has 1 N–H and O–H groups in total. The van der Waals surface area contributed by atoms with Gasteiger partial charge < -0.3 is 10.2 Å². The van der Waals surface area contributed by atoms with Crippen molar-refractivity contribution in [1.29, 1.82) is 0 Å². The fraction of sp³-hybridized carbons (Fsp3) is 0.222. The molecule has 1 aliphatic rings. The quantitative estimate of drug-likeness (QED) is 0.798. The van der Waals surface area contributed by atoms with Crippen molar-refractivity contribution in [3.8, 4) is 0 Å². The molecule has 1 atom stereocenters. The predicted octanol–water partition coefficient (Wildman–Crippen LogP) is 2.84. The van der Waals surface area contributed by atoms with Gasteiger partial charge in [-0.2, -0.15) is 0 Å². The number of anilines is 2. The molecule has 0 aliphatic carbocycles. The Labute approximate surface area is 160 Å². The second-order valence-corrected chi connectivity index (χ2v) is 9.04. The highest BCUT2D eigenvalue weighted by Crippen LogP contribution is 2.28. The normalized spacial score (nSPS) is 17.4. The van der Waals surface area contributed by atoms with Crippen LogP contribution >= 0.6 is 15.9 Å². The maximum atomic E-state index is 12.6. The van der Waals surface area contributed by atoms with Crippen LogP contribution in [-0.2, 0) is 19.4 Å². The summed E-state index contributed by atoms with van der Waals surface area (Å²) < 4.78 is 24.6. The Kier molecular flexibility index (Phi) is 5.15. The largest absolute Gasteiger partial charge is 0.325 e. The highest BCUT2D eigenvalue weighted by atomic mass is 79.9. The summed E-state index contributed by atoms with van der Waals surface area (Å²) in [6.07, 6.45) is 1.18. The first-order valence-electron chi connectivity index (χ1n) is 7.91. The van der Waals surface area contributed by atoms with Gasteiger partial charge in [0.05, 0.1) is 16.5 Å². The van der Waals surface area contributed by atoms with Gasteiger partial charge in [0.15, 0.2) is 9.84 Å². The van der Waals surface area contributed by atoms with Crippen molar-refractivity contribution in [3.63, 3.8) is 0 Å².